The third-order valence-corrected chi connectivity index (χ3v) is 8.09. The lowest BCUT2D eigenvalue weighted by atomic mass is 9.56. The van der Waals surface area contributed by atoms with Crippen LogP contribution in [-0.4, -0.2) is 25.0 Å². The number of allylic oxidation sites excluding steroid dienone is 2. The minimum absolute atomic E-state index is 0.113. The van der Waals surface area contributed by atoms with Crippen LogP contribution in [0.2, 0.25) is 0 Å². The number of aliphatic hydroxyl groups excluding tert-OH is 1. The number of halogens is 1. The van der Waals surface area contributed by atoms with Crippen LogP contribution in [0.1, 0.15) is 43.8 Å². The second-order valence-electron chi connectivity index (χ2n) is 10.3. The number of hydrogen-bond acceptors (Lipinski definition) is 6. The Labute approximate surface area is 213 Å². The molecule has 1 N–H and O–H groups in total. The molecule has 4 aromatic rings. The quantitative estimate of drug-likeness (QED) is 0.361. The maximum Gasteiger partial charge on any atom is 0.257 e. The average Bonchev–Trinajstić information content (AvgIpc) is 3.51. The zero-order chi connectivity index (χ0) is 25.9. The number of aromatic nitrogens is 4. The van der Waals surface area contributed by atoms with Crippen molar-refractivity contribution in [3.63, 3.8) is 0 Å². The van der Waals surface area contributed by atoms with E-state index in [0.717, 1.165) is 28.9 Å². The van der Waals surface area contributed by atoms with Crippen molar-refractivity contribution in [2.75, 3.05) is 0 Å². The first-order chi connectivity index (χ1) is 17.8. The fraction of sp³-hybridized carbons (Fsp3) is 0.310. The Morgan fingerprint density at radius 3 is 2.62 bits per heavy atom. The molecule has 0 spiro atoms. The number of fused-ring (bicyclic) bond motifs is 3. The van der Waals surface area contributed by atoms with Gasteiger partial charge in [0, 0.05) is 28.0 Å². The number of benzene rings is 2. The molecule has 2 aliphatic carbocycles. The van der Waals surface area contributed by atoms with Gasteiger partial charge in [0.1, 0.15) is 11.6 Å². The number of aliphatic hydroxyl groups is 1. The zero-order valence-corrected chi connectivity index (χ0v) is 20.9. The number of rotatable bonds is 3. The lowest BCUT2D eigenvalue weighted by Gasteiger charge is -2.47. The lowest BCUT2D eigenvalue weighted by Crippen LogP contribution is -2.45. The number of hydrogen-bond donors (Lipinski definition) is 1. The molecule has 2 aliphatic rings. The SMILES string of the molecule is Cc1noc(-c2ccc(-n3nc(-c4ccccc4F)c4c3[C@]3(C)CC(C#N)=C(O)[C@H](C)[C@H]3CC4)cc2)n1. The highest BCUT2D eigenvalue weighted by Gasteiger charge is 2.51. The second-order valence-corrected chi connectivity index (χ2v) is 10.3. The molecule has 8 heteroatoms. The van der Waals surface area contributed by atoms with E-state index in [9.17, 15) is 10.4 Å². The molecule has 2 aromatic carbocycles. The van der Waals surface area contributed by atoms with Crippen LogP contribution >= 0.6 is 0 Å². The lowest BCUT2D eigenvalue weighted by molar-refractivity contribution is 0.134. The summed E-state index contributed by atoms with van der Waals surface area (Å²) in [4.78, 5) is 4.30. The smallest absolute Gasteiger partial charge is 0.257 e. The normalized spacial score (nSPS) is 22.9. The molecule has 0 amide bonds. The number of nitriles is 1. The summed E-state index contributed by atoms with van der Waals surface area (Å²) in [5.74, 6) is 0.812. The number of nitrogens with zero attached hydrogens (tertiary/aromatic N) is 5. The summed E-state index contributed by atoms with van der Waals surface area (Å²) in [6.45, 7) is 5.90. The summed E-state index contributed by atoms with van der Waals surface area (Å²) in [7, 11) is 0. The van der Waals surface area contributed by atoms with E-state index in [1.54, 1.807) is 19.1 Å². The van der Waals surface area contributed by atoms with E-state index in [-0.39, 0.29) is 23.4 Å². The van der Waals surface area contributed by atoms with Crippen LogP contribution in [0.15, 0.2) is 64.4 Å². The third-order valence-electron chi connectivity index (χ3n) is 8.09. The molecular formula is C29H26FN5O2. The van der Waals surface area contributed by atoms with Crippen molar-refractivity contribution in [2.45, 2.75) is 45.4 Å². The van der Waals surface area contributed by atoms with Gasteiger partial charge >= 0.3 is 0 Å². The summed E-state index contributed by atoms with van der Waals surface area (Å²) < 4.78 is 22.2. The molecule has 0 radical (unpaired) electrons. The topological polar surface area (TPSA) is 101 Å². The Hall–Kier alpha value is -4.25. The monoisotopic (exact) mass is 495 g/mol. The van der Waals surface area contributed by atoms with Gasteiger partial charge in [-0.25, -0.2) is 9.07 Å². The zero-order valence-electron chi connectivity index (χ0n) is 20.9. The van der Waals surface area contributed by atoms with Crippen molar-refractivity contribution in [1.29, 1.82) is 5.26 Å². The highest BCUT2D eigenvalue weighted by Crippen LogP contribution is 2.55. The first-order valence-electron chi connectivity index (χ1n) is 12.4. The predicted octanol–water partition coefficient (Wildman–Crippen LogP) is 6.23. The Morgan fingerprint density at radius 1 is 1.19 bits per heavy atom. The highest BCUT2D eigenvalue weighted by atomic mass is 19.1. The largest absolute Gasteiger partial charge is 0.511 e. The summed E-state index contributed by atoms with van der Waals surface area (Å²) in [6, 6.07) is 16.6. The summed E-state index contributed by atoms with van der Waals surface area (Å²) >= 11 is 0. The molecule has 2 heterocycles. The molecule has 3 atom stereocenters. The van der Waals surface area contributed by atoms with E-state index in [2.05, 4.69) is 23.1 Å². The van der Waals surface area contributed by atoms with Crippen LogP contribution in [0.25, 0.3) is 28.4 Å². The molecule has 0 fully saturated rings. The first-order valence-corrected chi connectivity index (χ1v) is 12.4. The van der Waals surface area contributed by atoms with Crippen LogP contribution < -0.4 is 0 Å². The molecule has 0 aliphatic heterocycles. The van der Waals surface area contributed by atoms with Gasteiger partial charge in [0.15, 0.2) is 5.82 Å². The maximum absolute atomic E-state index is 15.0. The van der Waals surface area contributed by atoms with E-state index in [4.69, 9.17) is 9.62 Å². The van der Waals surface area contributed by atoms with Gasteiger partial charge in [0.05, 0.1) is 28.7 Å². The van der Waals surface area contributed by atoms with Gasteiger partial charge in [0.25, 0.3) is 5.89 Å². The Balaban J connectivity index is 1.56. The highest BCUT2D eigenvalue weighted by molar-refractivity contribution is 5.68. The van der Waals surface area contributed by atoms with Crippen molar-refractivity contribution in [3.8, 4) is 34.5 Å². The first kappa shape index (κ1) is 23.2. The van der Waals surface area contributed by atoms with E-state index in [1.807, 2.05) is 41.9 Å². The van der Waals surface area contributed by atoms with Gasteiger partial charge in [-0.3, -0.25) is 0 Å². The average molecular weight is 496 g/mol. The van der Waals surface area contributed by atoms with Crippen molar-refractivity contribution in [1.82, 2.24) is 19.9 Å². The van der Waals surface area contributed by atoms with Crippen molar-refractivity contribution in [2.24, 2.45) is 11.8 Å². The third kappa shape index (κ3) is 3.49. The fourth-order valence-corrected chi connectivity index (χ4v) is 6.32. The predicted molar refractivity (Wildman–Crippen MR) is 135 cm³/mol. The van der Waals surface area contributed by atoms with Gasteiger partial charge in [0.2, 0.25) is 0 Å². The van der Waals surface area contributed by atoms with Crippen LogP contribution in [-0.2, 0) is 11.8 Å². The van der Waals surface area contributed by atoms with E-state index >= 15 is 4.39 Å². The standard InChI is InChI=1S/C29H26FN5O2/c1-16-23-13-12-22-25(21-6-4-5-7-24(21)30)33-35(27(22)29(23,3)14-19(15-31)26(16)36)20-10-8-18(9-11-20)28-32-17(2)34-37-28/h4-11,16,23,36H,12-14H2,1-3H3/t16-,23-,29-/m1/s1. The summed E-state index contributed by atoms with van der Waals surface area (Å²) in [5.41, 5.74) is 4.57. The van der Waals surface area contributed by atoms with Crippen molar-refractivity contribution in [3.05, 3.63) is 82.8 Å². The van der Waals surface area contributed by atoms with Crippen LogP contribution in [0.4, 0.5) is 4.39 Å². The van der Waals surface area contributed by atoms with Crippen LogP contribution in [0.5, 0.6) is 0 Å². The molecular weight excluding hydrogens is 469 g/mol. The Kier molecular flexibility index (Phi) is 5.27. The van der Waals surface area contributed by atoms with Crippen LogP contribution in [0, 0.1) is 35.9 Å². The van der Waals surface area contributed by atoms with Crippen molar-refractivity contribution >= 4 is 0 Å². The molecule has 0 unspecified atom stereocenters. The molecule has 0 saturated carbocycles. The van der Waals surface area contributed by atoms with E-state index in [1.165, 1.54) is 6.07 Å². The molecule has 186 valence electrons. The van der Waals surface area contributed by atoms with Gasteiger partial charge in [-0.1, -0.05) is 31.1 Å². The minimum atomic E-state index is -0.469. The molecule has 7 nitrogen and oxygen atoms in total. The summed E-state index contributed by atoms with van der Waals surface area (Å²) in [6.07, 6.45) is 1.92. The molecule has 6 rings (SSSR count). The summed E-state index contributed by atoms with van der Waals surface area (Å²) in [5, 5.41) is 29.4. The van der Waals surface area contributed by atoms with Gasteiger partial charge in [-0.2, -0.15) is 15.3 Å². The van der Waals surface area contributed by atoms with Crippen LogP contribution in [0.3, 0.4) is 0 Å². The molecule has 37 heavy (non-hydrogen) atoms. The number of aryl methyl sites for hydroxylation is 1. The van der Waals surface area contributed by atoms with E-state index < -0.39 is 5.41 Å². The van der Waals surface area contributed by atoms with Gasteiger partial charge in [-0.05, 0) is 68.5 Å². The molecule has 0 saturated heterocycles. The molecule has 0 bridgehead atoms. The maximum atomic E-state index is 15.0. The fourth-order valence-electron chi connectivity index (χ4n) is 6.32. The van der Waals surface area contributed by atoms with E-state index in [0.29, 0.717) is 41.4 Å². The second kappa shape index (κ2) is 8.41. The van der Waals surface area contributed by atoms with Crippen molar-refractivity contribution < 1.29 is 14.0 Å². The van der Waals surface area contributed by atoms with Gasteiger partial charge < -0.3 is 9.63 Å². The Bertz CT molecular complexity index is 1590. The minimum Gasteiger partial charge on any atom is -0.511 e. The Morgan fingerprint density at radius 2 is 1.95 bits per heavy atom. The molecule has 2 aromatic heterocycles. The van der Waals surface area contributed by atoms with Gasteiger partial charge in [-0.15, -0.1) is 0 Å².